The van der Waals surface area contributed by atoms with Gasteiger partial charge in [-0.3, -0.25) is 0 Å². The van der Waals surface area contributed by atoms with Crippen LogP contribution in [0.25, 0.3) is 11.1 Å². The minimum absolute atomic E-state index is 0.315. The maximum absolute atomic E-state index is 8.81. The van der Waals surface area contributed by atoms with Crippen LogP contribution in [0.3, 0.4) is 0 Å². The Balaban J connectivity index is 1.94. The number of ether oxygens (including phenoxy) is 3. The van der Waals surface area contributed by atoms with E-state index in [9.17, 15) is 0 Å². The molecule has 20 heavy (non-hydrogen) atoms. The average Bonchev–Trinajstić information content (AvgIpc) is 2.49. The number of fused-ring (bicyclic) bond motifs is 1. The van der Waals surface area contributed by atoms with Crippen LogP contribution in [0.15, 0.2) is 36.4 Å². The molecule has 4 heteroatoms. The molecule has 0 saturated carbocycles. The number of aliphatic hydroxyl groups is 1. The molecule has 2 aromatic rings. The standard InChI is InChI=1S/C16H16O4/c1-11-8-12(2-4-14(11)20-10-17)13-3-5-15-16(9-13)19-7-6-18-15/h2-5,8-9,17H,6-7,10H2,1H3. The van der Waals surface area contributed by atoms with Gasteiger partial charge in [0.05, 0.1) is 0 Å². The first-order valence-electron chi connectivity index (χ1n) is 6.52. The van der Waals surface area contributed by atoms with E-state index >= 15 is 0 Å². The molecule has 4 nitrogen and oxygen atoms in total. The number of aryl methyl sites for hydroxylation is 1. The van der Waals surface area contributed by atoms with Crippen molar-refractivity contribution in [3.63, 3.8) is 0 Å². The van der Waals surface area contributed by atoms with Crippen molar-refractivity contribution in [3.8, 4) is 28.4 Å². The van der Waals surface area contributed by atoms with Crippen LogP contribution < -0.4 is 14.2 Å². The van der Waals surface area contributed by atoms with E-state index in [0.29, 0.717) is 19.0 Å². The summed E-state index contributed by atoms with van der Waals surface area (Å²) >= 11 is 0. The Morgan fingerprint density at radius 1 is 1.00 bits per heavy atom. The van der Waals surface area contributed by atoms with Gasteiger partial charge in [-0.15, -0.1) is 0 Å². The summed E-state index contributed by atoms with van der Waals surface area (Å²) in [5.41, 5.74) is 3.11. The van der Waals surface area contributed by atoms with Crippen LogP contribution >= 0.6 is 0 Å². The van der Waals surface area contributed by atoms with Crippen LogP contribution in [0.5, 0.6) is 17.2 Å². The molecule has 3 rings (SSSR count). The largest absolute Gasteiger partial charge is 0.486 e. The van der Waals surface area contributed by atoms with Gasteiger partial charge in [-0.1, -0.05) is 12.1 Å². The molecule has 0 aromatic heterocycles. The van der Waals surface area contributed by atoms with E-state index in [-0.39, 0.29) is 6.79 Å². The lowest BCUT2D eigenvalue weighted by Gasteiger charge is -2.19. The van der Waals surface area contributed by atoms with Crippen molar-refractivity contribution in [1.82, 2.24) is 0 Å². The summed E-state index contributed by atoms with van der Waals surface area (Å²) in [7, 11) is 0. The molecule has 0 aliphatic carbocycles. The third-order valence-electron chi connectivity index (χ3n) is 3.27. The van der Waals surface area contributed by atoms with Crippen LogP contribution in [0.1, 0.15) is 5.56 Å². The SMILES string of the molecule is Cc1cc(-c2ccc3c(c2)OCCO3)ccc1OCO. The summed E-state index contributed by atoms with van der Waals surface area (Å²) in [5, 5.41) is 8.81. The number of hydrogen-bond acceptors (Lipinski definition) is 4. The lowest BCUT2D eigenvalue weighted by atomic mass is 10.0. The first-order chi connectivity index (χ1) is 9.78. The molecule has 0 unspecified atom stereocenters. The van der Waals surface area contributed by atoms with Crippen LogP contribution in [-0.2, 0) is 0 Å². The predicted molar refractivity (Wildman–Crippen MR) is 75.3 cm³/mol. The van der Waals surface area contributed by atoms with E-state index in [2.05, 4.69) is 0 Å². The second-order valence-corrected chi connectivity index (χ2v) is 4.61. The first-order valence-corrected chi connectivity index (χ1v) is 6.52. The van der Waals surface area contributed by atoms with Gasteiger partial charge in [0, 0.05) is 0 Å². The fourth-order valence-electron chi connectivity index (χ4n) is 2.28. The molecule has 104 valence electrons. The molecule has 0 atom stereocenters. The molecule has 0 bridgehead atoms. The maximum atomic E-state index is 8.81. The Hall–Kier alpha value is -2.20. The molecule has 0 saturated heterocycles. The van der Waals surface area contributed by atoms with Gasteiger partial charge in [-0.25, -0.2) is 0 Å². The highest BCUT2D eigenvalue weighted by atomic mass is 16.6. The zero-order chi connectivity index (χ0) is 13.9. The predicted octanol–water partition coefficient (Wildman–Crippen LogP) is 2.76. The van der Waals surface area contributed by atoms with E-state index in [4.69, 9.17) is 19.3 Å². The van der Waals surface area contributed by atoms with Crippen molar-refractivity contribution in [2.75, 3.05) is 20.0 Å². The quantitative estimate of drug-likeness (QED) is 0.873. The number of aliphatic hydroxyl groups excluding tert-OH is 1. The van der Waals surface area contributed by atoms with Gasteiger partial charge < -0.3 is 19.3 Å². The van der Waals surface area contributed by atoms with Gasteiger partial charge in [-0.2, -0.15) is 0 Å². The average molecular weight is 272 g/mol. The number of rotatable bonds is 3. The summed E-state index contributed by atoms with van der Waals surface area (Å²) in [4.78, 5) is 0. The van der Waals surface area contributed by atoms with E-state index in [1.807, 2.05) is 43.3 Å². The van der Waals surface area contributed by atoms with Gasteiger partial charge in [0.25, 0.3) is 0 Å². The smallest absolute Gasteiger partial charge is 0.186 e. The number of benzene rings is 2. The third-order valence-corrected chi connectivity index (χ3v) is 3.27. The van der Waals surface area contributed by atoms with Gasteiger partial charge >= 0.3 is 0 Å². The highest BCUT2D eigenvalue weighted by molar-refractivity contribution is 5.69. The van der Waals surface area contributed by atoms with Crippen LogP contribution in [-0.4, -0.2) is 25.1 Å². The molecule has 1 aliphatic rings. The van der Waals surface area contributed by atoms with E-state index < -0.39 is 0 Å². The van der Waals surface area contributed by atoms with Gasteiger partial charge in [-0.05, 0) is 47.9 Å². The maximum Gasteiger partial charge on any atom is 0.186 e. The summed E-state index contributed by atoms with van der Waals surface area (Å²) in [6.07, 6.45) is 0. The fraction of sp³-hybridized carbons (Fsp3) is 0.250. The van der Waals surface area contributed by atoms with Gasteiger partial charge in [0.1, 0.15) is 19.0 Å². The third kappa shape index (κ3) is 2.42. The van der Waals surface area contributed by atoms with Crippen molar-refractivity contribution in [2.24, 2.45) is 0 Å². The van der Waals surface area contributed by atoms with Crippen LogP contribution in [0.2, 0.25) is 0 Å². The number of hydrogen-bond donors (Lipinski definition) is 1. The Labute approximate surface area is 117 Å². The van der Waals surface area contributed by atoms with E-state index in [1.54, 1.807) is 0 Å². The molecule has 1 aliphatic heterocycles. The Morgan fingerprint density at radius 3 is 2.45 bits per heavy atom. The van der Waals surface area contributed by atoms with Crippen molar-refractivity contribution in [3.05, 3.63) is 42.0 Å². The highest BCUT2D eigenvalue weighted by Gasteiger charge is 2.12. The molecule has 0 spiro atoms. The molecular weight excluding hydrogens is 256 g/mol. The van der Waals surface area contributed by atoms with Crippen LogP contribution in [0, 0.1) is 6.92 Å². The fourth-order valence-corrected chi connectivity index (χ4v) is 2.28. The molecule has 0 amide bonds. The van der Waals surface area contributed by atoms with Gasteiger partial charge in [0.2, 0.25) is 0 Å². The zero-order valence-electron chi connectivity index (χ0n) is 11.3. The van der Waals surface area contributed by atoms with Gasteiger partial charge in [0.15, 0.2) is 18.3 Å². The second kappa shape index (κ2) is 5.43. The Kier molecular flexibility index (Phi) is 3.48. The summed E-state index contributed by atoms with van der Waals surface area (Å²) in [6, 6.07) is 11.8. The molecule has 2 aromatic carbocycles. The van der Waals surface area contributed by atoms with Crippen molar-refractivity contribution < 1.29 is 19.3 Å². The monoisotopic (exact) mass is 272 g/mol. The Bertz CT molecular complexity index is 622. The summed E-state index contributed by atoms with van der Waals surface area (Å²) in [6.45, 7) is 2.81. The lowest BCUT2D eigenvalue weighted by molar-refractivity contribution is 0.0979. The first kappa shape index (κ1) is 12.8. The summed E-state index contributed by atoms with van der Waals surface area (Å²) < 4.78 is 16.2. The molecule has 1 N–H and O–H groups in total. The Morgan fingerprint density at radius 2 is 1.70 bits per heavy atom. The second-order valence-electron chi connectivity index (χ2n) is 4.61. The normalized spacial score (nSPS) is 13.1. The molecule has 0 fully saturated rings. The van der Waals surface area contributed by atoms with E-state index in [1.165, 1.54) is 0 Å². The minimum atomic E-state index is -0.315. The zero-order valence-corrected chi connectivity index (χ0v) is 11.3. The molecule has 0 radical (unpaired) electrons. The van der Waals surface area contributed by atoms with Crippen LogP contribution in [0.4, 0.5) is 0 Å². The minimum Gasteiger partial charge on any atom is -0.486 e. The van der Waals surface area contributed by atoms with Crippen molar-refractivity contribution in [1.29, 1.82) is 0 Å². The van der Waals surface area contributed by atoms with E-state index in [0.717, 1.165) is 28.2 Å². The molecule has 1 heterocycles. The summed E-state index contributed by atoms with van der Waals surface area (Å²) in [5.74, 6) is 2.26. The highest BCUT2D eigenvalue weighted by Crippen LogP contribution is 2.35. The molecular formula is C16H16O4. The topological polar surface area (TPSA) is 47.9 Å². The van der Waals surface area contributed by atoms with Crippen molar-refractivity contribution in [2.45, 2.75) is 6.92 Å². The van der Waals surface area contributed by atoms with Crippen molar-refractivity contribution >= 4 is 0 Å². The lowest BCUT2D eigenvalue weighted by Crippen LogP contribution is -2.15.